The van der Waals surface area contributed by atoms with Gasteiger partial charge in [0.25, 0.3) is 5.56 Å². The molecule has 0 spiro atoms. The molecule has 1 N–H and O–H groups in total. The van der Waals surface area contributed by atoms with Gasteiger partial charge in [-0.1, -0.05) is 38.8 Å². The summed E-state index contributed by atoms with van der Waals surface area (Å²) in [5.74, 6) is 0.512. The van der Waals surface area contributed by atoms with Gasteiger partial charge in [0, 0.05) is 6.07 Å². The first kappa shape index (κ1) is 27.9. The summed E-state index contributed by atoms with van der Waals surface area (Å²) < 4.78 is 49.3. The van der Waals surface area contributed by atoms with Crippen molar-refractivity contribution in [3.05, 3.63) is 73.8 Å². The fourth-order valence-electron chi connectivity index (χ4n) is 4.26. The third-order valence-electron chi connectivity index (χ3n) is 6.25. The van der Waals surface area contributed by atoms with Gasteiger partial charge >= 0.3 is 11.9 Å². The van der Waals surface area contributed by atoms with Crippen molar-refractivity contribution < 1.29 is 17.9 Å². The standard InChI is InChI=1S/C24H18ClF3N6O3.C2H6/c1-2-3-13-8-14(34-22(36)31-21(35)18(11-29)32-34)9-16(25)20(13)37-15-4-5-17-19(10-15)33(12-30-17)23(6-7-23)24(26,27)28;1-2/h4-5,8-10,12H,2-3,6-7H2,1H3,(H,31,35,36);1-2H3. The summed E-state index contributed by atoms with van der Waals surface area (Å²) in [4.78, 5) is 30.2. The van der Waals surface area contributed by atoms with Crippen LogP contribution in [0, 0.1) is 11.3 Å². The Bertz CT molecular complexity index is 1700. The number of imidazole rings is 1. The molecule has 0 unspecified atom stereocenters. The predicted octanol–water partition coefficient (Wildman–Crippen LogP) is 5.62. The monoisotopic (exact) mass is 560 g/mol. The molecule has 2 heterocycles. The third-order valence-corrected chi connectivity index (χ3v) is 6.53. The first-order valence-electron chi connectivity index (χ1n) is 12.3. The summed E-state index contributed by atoms with van der Waals surface area (Å²) in [6.07, 6.45) is -2.11. The average Bonchev–Trinajstić information content (AvgIpc) is 3.61. The molecule has 0 radical (unpaired) electrons. The summed E-state index contributed by atoms with van der Waals surface area (Å²) in [5.41, 5.74) is -2.75. The van der Waals surface area contributed by atoms with Crippen LogP contribution >= 0.6 is 11.6 Å². The first-order valence-corrected chi connectivity index (χ1v) is 12.6. The van der Waals surface area contributed by atoms with E-state index in [1.54, 1.807) is 24.3 Å². The van der Waals surface area contributed by atoms with E-state index in [2.05, 4.69) is 10.1 Å². The van der Waals surface area contributed by atoms with Crippen molar-refractivity contribution in [2.75, 3.05) is 0 Å². The number of halogens is 4. The minimum atomic E-state index is -4.41. The molecule has 2 aromatic carbocycles. The zero-order valence-corrected chi connectivity index (χ0v) is 22.0. The van der Waals surface area contributed by atoms with Gasteiger partial charge < -0.3 is 9.30 Å². The van der Waals surface area contributed by atoms with E-state index in [9.17, 15) is 22.8 Å². The van der Waals surface area contributed by atoms with Crippen LogP contribution in [0.4, 0.5) is 13.2 Å². The Balaban J connectivity index is 0.00000172. The minimum Gasteiger partial charge on any atom is -0.455 e. The van der Waals surface area contributed by atoms with Crippen LogP contribution in [0.5, 0.6) is 11.5 Å². The molecule has 5 rings (SSSR count). The van der Waals surface area contributed by atoms with Crippen molar-refractivity contribution in [3.63, 3.8) is 0 Å². The van der Waals surface area contributed by atoms with E-state index in [1.807, 2.05) is 25.8 Å². The number of hydrogen-bond acceptors (Lipinski definition) is 6. The van der Waals surface area contributed by atoms with Gasteiger partial charge in [0.15, 0.2) is 0 Å². The summed E-state index contributed by atoms with van der Waals surface area (Å²) in [6, 6.07) is 9.24. The fourth-order valence-corrected chi connectivity index (χ4v) is 4.54. The zero-order chi connectivity index (χ0) is 28.5. The number of H-pyrrole nitrogens is 1. The van der Waals surface area contributed by atoms with Gasteiger partial charge in [-0.25, -0.2) is 9.78 Å². The van der Waals surface area contributed by atoms with Gasteiger partial charge in [0.1, 0.15) is 23.1 Å². The van der Waals surface area contributed by atoms with Crippen molar-refractivity contribution in [3.8, 4) is 23.3 Å². The number of ether oxygens (including phenoxy) is 1. The van der Waals surface area contributed by atoms with Crippen LogP contribution < -0.4 is 16.0 Å². The topological polar surface area (TPSA) is 119 Å². The number of nitrogens with one attached hydrogen (secondary N) is 1. The number of aromatic amines is 1. The number of aromatic nitrogens is 5. The number of nitrogens with zero attached hydrogens (tertiary/aromatic N) is 5. The maximum atomic E-state index is 13.7. The summed E-state index contributed by atoms with van der Waals surface area (Å²) in [5, 5.41) is 13.0. The average molecular weight is 561 g/mol. The van der Waals surface area contributed by atoms with Crippen LogP contribution in [0.2, 0.25) is 5.02 Å². The van der Waals surface area contributed by atoms with Crippen molar-refractivity contribution in [2.24, 2.45) is 0 Å². The molecular formula is C26H24ClF3N6O3. The second-order valence-corrected chi connectivity index (χ2v) is 9.10. The van der Waals surface area contributed by atoms with Gasteiger partial charge in [-0.15, -0.1) is 5.10 Å². The Morgan fingerprint density at radius 3 is 2.54 bits per heavy atom. The van der Waals surface area contributed by atoms with E-state index in [4.69, 9.17) is 21.6 Å². The lowest BCUT2D eigenvalue weighted by atomic mass is 10.1. The molecular weight excluding hydrogens is 537 g/mol. The number of nitriles is 1. The SMILES string of the molecule is CC.CCCc1cc(-n2nc(C#N)c(=O)[nH]c2=O)cc(Cl)c1Oc1ccc2ncn(C3(C(F)(F)F)CC3)c2c1. The maximum absolute atomic E-state index is 13.7. The Morgan fingerprint density at radius 1 is 1.21 bits per heavy atom. The largest absolute Gasteiger partial charge is 0.455 e. The highest BCUT2D eigenvalue weighted by atomic mass is 35.5. The molecule has 1 fully saturated rings. The summed E-state index contributed by atoms with van der Waals surface area (Å²) in [6.45, 7) is 5.92. The predicted molar refractivity (Wildman–Crippen MR) is 139 cm³/mol. The second kappa shape index (κ2) is 10.6. The highest BCUT2D eigenvalue weighted by Gasteiger charge is 2.65. The third kappa shape index (κ3) is 5.02. The van der Waals surface area contributed by atoms with Crippen LogP contribution in [-0.4, -0.2) is 30.5 Å². The van der Waals surface area contributed by atoms with Crippen molar-refractivity contribution >= 4 is 22.6 Å². The minimum absolute atomic E-state index is 0.0212. The molecule has 0 amide bonds. The van der Waals surface area contributed by atoms with Crippen LogP contribution in [0.25, 0.3) is 16.7 Å². The molecule has 0 bridgehead atoms. The molecule has 1 saturated carbocycles. The number of alkyl halides is 3. The Hall–Kier alpha value is -4.11. The molecule has 204 valence electrons. The van der Waals surface area contributed by atoms with E-state index in [0.29, 0.717) is 23.9 Å². The number of hydrogen-bond donors (Lipinski definition) is 1. The molecule has 4 aromatic rings. The lowest BCUT2D eigenvalue weighted by Crippen LogP contribution is -2.34. The van der Waals surface area contributed by atoms with Crippen LogP contribution in [0.3, 0.4) is 0 Å². The number of aryl methyl sites for hydroxylation is 1. The first-order chi connectivity index (χ1) is 18.6. The zero-order valence-electron chi connectivity index (χ0n) is 21.3. The molecule has 0 atom stereocenters. The van der Waals surface area contributed by atoms with Gasteiger partial charge in [-0.3, -0.25) is 9.78 Å². The summed E-state index contributed by atoms with van der Waals surface area (Å²) >= 11 is 6.53. The Labute approximate surface area is 225 Å². The van der Waals surface area contributed by atoms with E-state index in [-0.39, 0.29) is 40.6 Å². The van der Waals surface area contributed by atoms with E-state index < -0.39 is 28.7 Å². The number of rotatable bonds is 6. The Morgan fingerprint density at radius 2 is 1.92 bits per heavy atom. The van der Waals surface area contributed by atoms with Crippen molar-refractivity contribution in [1.29, 1.82) is 5.26 Å². The molecule has 1 aliphatic rings. The van der Waals surface area contributed by atoms with Crippen LogP contribution in [0.15, 0.2) is 46.2 Å². The molecule has 9 nitrogen and oxygen atoms in total. The van der Waals surface area contributed by atoms with Crippen LogP contribution in [0.1, 0.15) is 51.3 Å². The van der Waals surface area contributed by atoms with Gasteiger partial charge in [-0.2, -0.15) is 23.1 Å². The van der Waals surface area contributed by atoms with Crippen LogP contribution in [-0.2, 0) is 12.0 Å². The van der Waals surface area contributed by atoms with Crippen molar-refractivity contribution in [2.45, 2.75) is 58.2 Å². The van der Waals surface area contributed by atoms with E-state index in [1.165, 1.54) is 18.5 Å². The molecule has 0 aliphatic heterocycles. The lowest BCUT2D eigenvalue weighted by Gasteiger charge is -2.21. The molecule has 1 aliphatic carbocycles. The smallest absolute Gasteiger partial charge is 0.411 e. The van der Waals surface area contributed by atoms with Crippen molar-refractivity contribution in [1.82, 2.24) is 24.3 Å². The number of fused-ring (bicyclic) bond motifs is 1. The fraction of sp³-hybridized carbons (Fsp3) is 0.346. The lowest BCUT2D eigenvalue weighted by molar-refractivity contribution is -0.178. The van der Waals surface area contributed by atoms with Gasteiger partial charge in [0.2, 0.25) is 5.69 Å². The van der Waals surface area contributed by atoms with Gasteiger partial charge in [0.05, 0.1) is 28.1 Å². The second-order valence-electron chi connectivity index (χ2n) is 8.69. The van der Waals surface area contributed by atoms with E-state index in [0.717, 1.165) is 9.25 Å². The van der Waals surface area contributed by atoms with Gasteiger partial charge in [-0.05, 0) is 49.1 Å². The highest BCUT2D eigenvalue weighted by molar-refractivity contribution is 6.32. The Kier molecular flexibility index (Phi) is 7.57. The quantitative estimate of drug-likeness (QED) is 0.327. The summed E-state index contributed by atoms with van der Waals surface area (Å²) in [7, 11) is 0. The molecule has 13 heteroatoms. The maximum Gasteiger partial charge on any atom is 0.411 e. The normalized spacial score (nSPS) is 13.9. The highest BCUT2D eigenvalue weighted by Crippen LogP contribution is 2.56. The molecule has 39 heavy (non-hydrogen) atoms. The molecule has 0 saturated heterocycles. The van der Waals surface area contributed by atoms with E-state index >= 15 is 0 Å². The molecule has 2 aromatic heterocycles. The number of benzene rings is 2.